The van der Waals surface area contributed by atoms with E-state index in [4.69, 9.17) is 17.3 Å². The molecule has 0 radical (unpaired) electrons. The molecule has 0 amide bonds. The summed E-state index contributed by atoms with van der Waals surface area (Å²) in [4.78, 5) is 10.3. The molecule has 1 aromatic heterocycles. The van der Waals surface area contributed by atoms with Gasteiger partial charge in [-0.3, -0.25) is 0 Å². The van der Waals surface area contributed by atoms with Crippen molar-refractivity contribution in [2.24, 2.45) is 5.92 Å². The zero-order valence-electron chi connectivity index (χ0n) is 10.8. The van der Waals surface area contributed by atoms with Gasteiger partial charge in [0.1, 0.15) is 17.2 Å². The van der Waals surface area contributed by atoms with Crippen molar-refractivity contribution < 1.29 is 5.11 Å². The third-order valence-corrected chi connectivity index (χ3v) is 4.89. The first-order valence-corrected chi connectivity index (χ1v) is 7.21. The van der Waals surface area contributed by atoms with Crippen LogP contribution in [-0.4, -0.2) is 33.8 Å². The molecule has 6 heteroatoms. The number of nitrogen functional groups attached to an aromatic ring is 1. The topological polar surface area (TPSA) is 75.3 Å². The third-order valence-electron chi connectivity index (χ3n) is 4.53. The number of hydrogen-bond donors (Lipinski definition) is 2. The Labute approximate surface area is 117 Å². The Morgan fingerprint density at radius 2 is 2.21 bits per heavy atom. The van der Waals surface area contributed by atoms with Gasteiger partial charge in [-0.2, -0.15) is 0 Å². The van der Waals surface area contributed by atoms with Gasteiger partial charge >= 0.3 is 0 Å². The first-order valence-electron chi connectivity index (χ1n) is 6.83. The molecule has 19 heavy (non-hydrogen) atoms. The minimum absolute atomic E-state index is 0.308. The van der Waals surface area contributed by atoms with Crippen LogP contribution in [0.25, 0.3) is 0 Å². The molecule has 3 N–H and O–H groups in total. The molecule has 2 aliphatic rings. The second kappa shape index (κ2) is 4.80. The van der Waals surface area contributed by atoms with Crippen molar-refractivity contribution in [1.82, 2.24) is 9.97 Å². The molecule has 5 nitrogen and oxygen atoms in total. The standard InChI is InChI=1S/C13H19ClN4O/c14-10-11(15)16-8-17-12(10)18-6-5-13(19)4-2-1-3-9(13)7-18/h8-9,19H,1-7H2,(H2,15,16,17). The van der Waals surface area contributed by atoms with E-state index in [0.717, 1.165) is 38.8 Å². The Morgan fingerprint density at radius 1 is 1.37 bits per heavy atom. The van der Waals surface area contributed by atoms with Gasteiger partial charge in [0, 0.05) is 19.0 Å². The van der Waals surface area contributed by atoms with Crippen molar-refractivity contribution in [3.8, 4) is 0 Å². The van der Waals surface area contributed by atoms with Crippen molar-refractivity contribution in [1.29, 1.82) is 0 Å². The van der Waals surface area contributed by atoms with Crippen LogP contribution in [0.2, 0.25) is 5.02 Å². The minimum atomic E-state index is -0.486. The molecule has 2 unspecified atom stereocenters. The van der Waals surface area contributed by atoms with Gasteiger partial charge in [-0.1, -0.05) is 24.4 Å². The van der Waals surface area contributed by atoms with E-state index in [0.29, 0.717) is 22.6 Å². The van der Waals surface area contributed by atoms with Crippen LogP contribution in [0.1, 0.15) is 32.1 Å². The maximum Gasteiger partial charge on any atom is 0.153 e. The molecule has 0 aromatic carbocycles. The number of nitrogens with zero attached hydrogens (tertiary/aromatic N) is 3. The van der Waals surface area contributed by atoms with Gasteiger partial charge in [0.2, 0.25) is 0 Å². The third kappa shape index (κ3) is 2.25. The lowest BCUT2D eigenvalue weighted by Crippen LogP contribution is -2.53. The monoisotopic (exact) mass is 282 g/mol. The average molecular weight is 283 g/mol. The van der Waals surface area contributed by atoms with Crippen molar-refractivity contribution in [3.05, 3.63) is 11.3 Å². The summed E-state index contributed by atoms with van der Waals surface area (Å²) in [5.41, 5.74) is 5.24. The average Bonchev–Trinajstić information content (AvgIpc) is 2.41. The number of fused-ring (bicyclic) bond motifs is 1. The summed E-state index contributed by atoms with van der Waals surface area (Å²) >= 11 is 6.18. The second-order valence-corrected chi connectivity index (χ2v) is 6.02. The second-order valence-electron chi connectivity index (χ2n) is 5.64. The van der Waals surface area contributed by atoms with Crippen LogP contribution >= 0.6 is 11.6 Å². The van der Waals surface area contributed by atoms with Crippen LogP contribution in [0, 0.1) is 5.92 Å². The number of rotatable bonds is 1. The highest BCUT2D eigenvalue weighted by atomic mass is 35.5. The number of piperidine rings is 1. The van der Waals surface area contributed by atoms with Gasteiger partial charge in [-0.05, 0) is 19.3 Å². The molecular weight excluding hydrogens is 264 g/mol. The van der Waals surface area contributed by atoms with Crippen LogP contribution in [0.3, 0.4) is 0 Å². The predicted molar refractivity (Wildman–Crippen MR) is 75.2 cm³/mol. The lowest BCUT2D eigenvalue weighted by atomic mass is 9.71. The van der Waals surface area contributed by atoms with Crippen LogP contribution in [0.5, 0.6) is 0 Å². The van der Waals surface area contributed by atoms with E-state index in [1.54, 1.807) is 0 Å². The molecule has 3 rings (SSSR count). The zero-order valence-corrected chi connectivity index (χ0v) is 11.6. The van der Waals surface area contributed by atoms with Crippen LogP contribution in [0.4, 0.5) is 11.6 Å². The summed E-state index contributed by atoms with van der Waals surface area (Å²) in [7, 11) is 0. The number of aliphatic hydroxyl groups is 1. The summed E-state index contributed by atoms with van der Waals surface area (Å²) in [6.45, 7) is 1.57. The first-order chi connectivity index (χ1) is 9.10. The number of hydrogen-bond acceptors (Lipinski definition) is 5. The van der Waals surface area contributed by atoms with E-state index in [1.807, 2.05) is 0 Å². The van der Waals surface area contributed by atoms with Gasteiger partial charge in [0.25, 0.3) is 0 Å². The highest BCUT2D eigenvalue weighted by Crippen LogP contribution is 2.41. The van der Waals surface area contributed by atoms with Gasteiger partial charge in [0.05, 0.1) is 5.60 Å². The van der Waals surface area contributed by atoms with E-state index in [-0.39, 0.29) is 0 Å². The van der Waals surface area contributed by atoms with Gasteiger partial charge < -0.3 is 15.7 Å². The lowest BCUT2D eigenvalue weighted by molar-refractivity contribution is -0.0613. The molecular formula is C13H19ClN4O. The smallest absolute Gasteiger partial charge is 0.153 e. The largest absolute Gasteiger partial charge is 0.389 e. The molecule has 104 valence electrons. The Kier molecular flexibility index (Phi) is 3.27. The fourth-order valence-electron chi connectivity index (χ4n) is 3.36. The lowest BCUT2D eigenvalue weighted by Gasteiger charge is -2.47. The fourth-order valence-corrected chi connectivity index (χ4v) is 3.57. The molecule has 2 fully saturated rings. The Balaban J connectivity index is 1.83. The molecule has 1 aliphatic heterocycles. The number of nitrogens with two attached hydrogens (primary N) is 1. The van der Waals surface area contributed by atoms with Crippen LogP contribution in [0.15, 0.2) is 6.33 Å². The summed E-state index contributed by atoms with van der Waals surface area (Å²) in [6.07, 6.45) is 6.54. The van der Waals surface area contributed by atoms with E-state index < -0.39 is 5.60 Å². The van der Waals surface area contributed by atoms with E-state index in [9.17, 15) is 5.11 Å². The normalized spacial score (nSPS) is 31.1. The molecule has 1 saturated heterocycles. The summed E-state index contributed by atoms with van der Waals surface area (Å²) < 4.78 is 0. The molecule has 2 atom stereocenters. The van der Waals surface area contributed by atoms with Gasteiger partial charge in [0.15, 0.2) is 5.82 Å². The highest BCUT2D eigenvalue weighted by molar-refractivity contribution is 6.35. The predicted octanol–water partition coefficient (Wildman–Crippen LogP) is 1.84. The van der Waals surface area contributed by atoms with Crippen molar-refractivity contribution in [3.63, 3.8) is 0 Å². The van der Waals surface area contributed by atoms with Crippen molar-refractivity contribution in [2.75, 3.05) is 23.7 Å². The number of anilines is 2. The molecule has 0 spiro atoms. The maximum atomic E-state index is 10.7. The fraction of sp³-hybridized carbons (Fsp3) is 0.692. The molecule has 0 bridgehead atoms. The first kappa shape index (κ1) is 12.9. The molecule has 1 saturated carbocycles. The zero-order chi connectivity index (χ0) is 13.5. The quantitative estimate of drug-likeness (QED) is 0.822. The van der Waals surface area contributed by atoms with E-state index in [2.05, 4.69) is 14.9 Å². The Bertz CT molecular complexity index is 484. The van der Waals surface area contributed by atoms with E-state index >= 15 is 0 Å². The van der Waals surface area contributed by atoms with Crippen LogP contribution in [-0.2, 0) is 0 Å². The van der Waals surface area contributed by atoms with Gasteiger partial charge in [-0.15, -0.1) is 0 Å². The highest BCUT2D eigenvalue weighted by Gasteiger charge is 2.43. The van der Waals surface area contributed by atoms with Crippen molar-refractivity contribution in [2.45, 2.75) is 37.7 Å². The SMILES string of the molecule is Nc1ncnc(N2CCC3(O)CCCCC3C2)c1Cl. The van der Waals surface area contributed by atoms with Crippen LogP contribution < -0.4 is 10.6 Å². The molecule has 1 aliphatic carbocycles. The van der Waals surface area contributed by atoms with Gasteiger partial charge in [-0.25, -0.2) is 9.97 Å². The summed E-state index contributed by atoms with van der Waals surface area (Å²) in [6, 6.07) is 0. The maximum absolute atomic E-state index is 10.7. The number of halogens is 1. The van der Waals surface area contributed by atoms with E-state index in [1.165, 1.54) is 12.7 Å². The summed E-state index contributed by atoms with van der Waals surface area (Å²) in [5, 5.41) is 11.1. The molecule has 1 aromatic rings. The summed E-state index contributed by atoms with van der Waals surface area (Å²) in [5.74, 6) is 1.32. The molecule has 2 heterocycles. The Morgan fingerprint density at radius 3 is 3.05 bits per heavy atom. The Hall–Kier alpha value is -1.07. The number of aromatic nitrogens is 2. The van der Waals surface area contributed by atoms with Crippen molar-refractivity contribution >= 4 is 23.2 Å². The minimum Gasteiger partial charge on any atom is -0.389 e.